The van der Waals surface area contributed by atoms with E-state index < -0.39 is 0 Å². The van der Waals surface area contributed by atoms with Crippen LogP contribution in [-0.4, -0.2) is 32.7 Å². The van der Waals surface area contributed by atoms with Gasteiger partial charge in [-0.1, -0.05) is 18.9 Å². The Hall–Kier alpha value is -4.18. The number of thiazole rings is 1. The summed E-state index contributed by atoms with van der Waals surface area (Å²) in [6, 6.07) is 11.4. The number of benzene rings is 2. The van der Waals surface area contributed by atoms with E-state index in [1.54, 1.807) is 18.4 Å². The highest BCUT2D eigenvalue weighted by molar-refractivity contribution is 7.21. The first-order valence-corrected chi connectivity index (χ1v) is 13.1. The van der Waals surface area contributed by atoms with E-state index in [0.29, 0.717) is 29.0 Å². The van der Waals surface area contributed by atoms with Gasteiger partial charge in [0.1, 0.15) is 28.5 Å². The van der Waals surface area contributed by atoms with E-state index in [1.165, 1.54) is 19.2 Å². The summed E-state index contributed by atoms with van der Waals surface area (Å²) in [4.78, 5) is 26.4. The number of aryl methyl sites for hydroxylation is 1. The molecule has 0 unspecified atom stereocenters. The van der Waals surface area contributed by atoms with Crippen molar-refractivity contribution in [3.8, 4) is 16.3 Å². The van der Waals surface area contributed by atoms with Crippen LogP contribution < -0.4 is 21.1 Å². The number of anilines is 3. The molecular weight excluding hydrogens is 486 g/mol. The maximum absolute atomic E-state index is 12.7. The predicted molar refractivity (Wildman–Crippen MR) is 148 cm³/mol. The van der Waals surface area contributed by atoms with Crippen LogP contribution in [0.25, 0.3) is 31.8 Å². The number of urea groups is 1. The Labute approximate surface area is 217 Å². The second-order valence-corrected chi connectivity index (χ2v) is 10.4. The minimum absolute atomic E-state index is 0.349. The number of carbonyl (C=O) groups excluding carboxylic acids is 1. The van der Waals surface area contributed by atoms with E-state index >= 15 is 0 Å². The Morgan fingerprint density at radius 1 is 1.14 bits per heavy atom. The molecule has 1 fully saturated rings. The molecule has 188 valence electrons. The molecular formula is C27H27N7O2S. The number of nitrogens with two attached hydrogens (primary N) is 1. The maximum Gasteiger partial charge on any atom is 0.323 e. The van der Waals surface area contributed by atoms with E-state index in [4.69, 9.17) is 15.5 Å². The van der Waals surface area contributed by atoms with Crippen molar-refractivity contribution in [1.82, 2.24) is 19.5 Å². The number of nitrogens with one attached hydrogen (secondary N) is 2. The van der Waals surface area contributed by atoms with E-state index in [2.05, 4.69) is 31.4 Å². The van der Waals surface area contributed by atoms with Gasteiger partial charge in [0.05, 0.1) is 28.4 Å². The average molecular weight is 514 g/mol. The number of nitrogen functional groups attached to an aromatic ring is 1. The number of fused-ring (bicyclic) bond motifs is 2. The van der Waals surface area contributed by atoms with Crippen molar-refractivity contribution in [2.45, 2.75) is 38.6 Å². The van der Waals surface area contributed by atoms with Crippen LogP contribution in [0.15, 0.2) is 48.9 Å². The van der Waals surface area contributed by atoms with Crippen LogP contribution >= 0.6 is 11.3 Å². The van der Waals surface area contributed by atoms with Crippen LogP contribution in [0.4, 0.5) is 22.0 Å². The number of amides is 2. The molecule has 0 bridgehead atoms. The number of nitrogens with zero attached hydrogens (tertiary/aromatic N) is 4. The molecule has 0 aliphatic heterocycles. The predicted octanol–water partition coefficient (Wildman–Crippen LogP) is 6.37. The third kappa shape index (κ3) is 4.33. The minimum atomic E-state index is -0.349. The summed E-state index contributed by atoms with van der Waals surface area (Å²) in [6.45, 7) is 1.96. The molecule has 0 saturated heterocycles. The fraction of sp³-hybridized carbons (Fsp3) is 0.259. The molecule has 3 aromatic heterocycles. The number of carbonyl (C=O) groups is 1. The summed E-state index contributed by atoms with van der Waals surface area (Å²) < 4.78 is 8.56. The molecule has 3 heterocycles. The Kier molecular flexibility index (Phi) is 5.88. The van der Waals surface area contributed by atoms with Crippen LogP contribution in [-0.2, 0) is 0 Å². The van der Waals surface area contributed by atoms with Crippen molar-refractivity contribution in [1.29, 1.82) is 0 Å². The minimum Gasteiger partial charge on any atom is -0.495 e. The molecule has 1 saturated carbocycles. The number of hydrogen-bond donors (Lipinski definition) is 3. The number of ether oxygens (including phenoxy) is 1. The molecule has 4 N–H and O–H groups in total. The molecule has 10 heteroatoms. The molecule has 0 atom stereocenters. The van der Waals surface area contributed by atoms with Gasteiger partial charge in [-0.05, 0) is 55.7 Å². The Bertz CT molecular complexity index is 1640. The van der Waals surface area contributed by atoms with Crippen LogP contribution in [0.2, 0.25) is 0 Å². The third-order valence-corrected chi connectivity index (χ3v) is 7.89. The van der Waals surface area contributed by atoms with Crippen LogP contribution in [0, 0.1) is 6.92 Å². The Morgan fingerprint density at radius 3 is 2.78 bits per heavy atom. The molecule has 0 radical (unpaired) electrons. The molecule has 0 spiro atoms. The molecule has 2 aromatic carbocycles. The SMILES string of the molecule is COc1ccc(C)cc1NC(=O)Nc1ccc2nc(-c3cn(C4CCCC4)c4ncnc(N)c34)sc2c1. The van der Waals surface area contributed by atoms with Crippen molar-refractivity contribution >= 4 is 55.8 Å². The Balaban J connectivity index is 1.30. The van der Waals surface area contributed by atoms with Crippen molar-refractivity contribution in [2.75, 3.05) is 23.5 Å². The van der Waals surface area contributed by atoms with Gasteiger partial charge in [-0.15, -0.1) is 11.3 Å². The summed E-state index contributed by atoms with van der Waals surface area (Å²) in [5.74, 6) is 1.06. The van der Waals surface area contributed by atoms with Crippen molar-refractivity contribution in [3.05, 3.63) is 54.5 Å². The molecule has 1 aliphatic rings. The lowest BCUT2D eigenvalue weighted by Crippen LogP contribution is -2.19. The van der Waals surface area contributed by atoms with Gasteiger partial charge in [-0.25, -0.2) is 19.7 Å². The van der Waals surface area contributed by atoms with Gasteiger partial charge in [0.2, 0.25) is 0 Å². The van der Waals surface area contributed by atoms with E-state index in [1.807, 2.05) is 43.3 Å². The van der Waals surface area contributed by atoms with Gasteiger partial charge in [0, 0.05) is 23.5 Å². The first-order chi connectivity index (χ1) is 18.0. The summed E-state index contributed by atoms with van der Waals surface area (Å²) in [5.41, 5.74) is 11.3. The first-order valence-electron chi connectivity index (χ1n) is 12.2. The molecule has 5 aromatic rings. The fourth-order valence-corrected chi connectivity index (χ4v) is 6.07. The highest BCUT2D eigenvalue weighted by Gasteiger charge is 2.24. The van der Waals surface area contributed by atoms with Crippen molar-refractivity contribution < 1.29 is 9.53 Å². The normalized spacial score (nSPS) is 13.9. The Morgan fingerprint density at radius 2 is 1.97 bits per heavy atom. The lowest BCUT2D eigenvalue weighted by Gasteiger charge is -2.12. The first kappa shape index (κ1) is 23.2. The molecule has 37 heavy (non-hydrogen) atoms. The van der Waals surface area contributed by atoms with Crippen LogP contribution in [0.1, 0.15) is 37.3 Å². The van der Waals surface area contributed by atoms with Crippen LogP contribution in [0.3, 0.4) is 0 Å². The quantitative estimate of drug-likeness (QED) is 0.251. The van der Waals surface area contributed by atoms with Crippen molar-refractivity contribution in [2.24, 2.45) is 0 Å². The monoisotopic (exact) mass is 513 g/mol. The number of aromatic nitrogens is 4. The second-order valence-electron chi connectivity index (χ2n) is 9.33. The third-order valence-electron chi connectivity index (χ3n) is 6.84. The highest BCUT2D eigenvalue weighted by Crippen LogP contribution is 2.41. The zero-order valence-corrected chi connectivity index (χ0v) is 21.4. The van der Waals surface area contributed by atoms with E-state index in [-0.39, 0.29) is 6.03 Å². The number of hydrogen-bond acceptors (Lipinski definition) is 7. The van der Waals surface area contributed by atoms with Gasteiger partial charge in [-0.3, -0.25) is 0 Å². The van der Waals surface area contributed by atoms with Gasteiger partial charge in [-0.2, -0.15) is 0 Å². The van der Waals surface area contributed by atoms with E-state index in [0.717, 1.165) is 50.2 Å². The van der Waals surface area contributed by atoms with Gasteiger partial charge in [0.15, 0.2) is 0 Å². The summed E-state index contributed by atoms with van der Waals surface area (Å²) in [6.07, 6.45) is 8.38. The highest BCUT2D eigenvalue weighted by atomic mass is 32.1. The summed E-state index contributed by atoms with van der Waals surface area (Å²) >= 11 is 1.56. The average Bonchev–Trinajstić information content (AvgIpc) is 3.62. The molecule has 2 amide bonds. The zero-order valence-electron chi connectivity index (χ0n) is 20.6. The maximum atomic E-state index is 12.7. The summed E-state index contributed by atoms with van der Waals surface area (Å²) in [5, 5.41) is 7.48. The van der Waals surface area contributed by atoms with E-state index in [9.17, 15) is 4.79 Å². The second kappa shape index (κ2) is 9.36. The smallest absolute Gasteiger partial charge is 0.323 e. The molecule has 6 rings (SSSR count). The topological polar surface area (TPSA) is 120 Å². The lowest BCUT2D eigenvalue weighted by atomic mass is 10.2. The fourth-order valence-electron chi connectivity index (χ4n) is 5.05. The van der Waals surface area contributed by atoms with Gasteiger partial charge < -0.3 is 25.7 Å². The van der Waals surface area contributed by atoms with Crippen LogP contribution in [0.5, 0.6) is 5.75 Å². The molecule has 1 aliphatic carbocycles. The largest absolute Gasteiger partial charge is 0.495 e. The number of rotatable bonds is 5. The summed E-state index contributed by atoms with van der Waals surface area (Å²) in [7, 11) is 1.58. The lowest BCUT2D eigenvalue weighted by molar-refractivity contribution is 0.262. The molecule has 9 nitrogen and oxygen atoms in total. The standard InChI is InChI=1S/C27H27N7O2S/c1-15-7-10-21(36-2)20(11-15)33-27(35)31-16-8-9-19-22(12-16)37-26(32-19)18-13-34(17-5-3-4-6-17)25-23(18)24(28)29-14-30-25/h7-14,17H,3-6H2,1-2H3,(H2,28,29,30)(H2,31,33,35). The van der Waals surface area contributed by atoms with Gasteiger partial charge in [0.25, 0.3) is 0 Å². The van der Waals surface area contributed by atoms with Crippen molar-refractivity contribution in [3.63, 3.8) is 0 Å². The van der Waals surface area contributed by atoms with Gasteiger partial charge >= 0.3 is 6.03 Å². The zero-order chi connectivity index (χ0) is 25.5. The number of methoxy groups -OCH3 is 1.